The summed E-state index contributed by atoms with van der Waals surface area (Å²) in [7, 11) is 3.01. The van der Waals surface area contributed by atoms with E-state index in [1.165, 1.54) is 60.8 Å². The molecule has 4 unspecified atom stereocenters. The third kappa shape index (κ3) is 5.83. The molecular formula is C39H43N5O12S. The lowest BCUT2D eigenvalue weighted by atomic mass is 9.55. The molecule has 302 valence electrons. The van der Waals surface area contributed by atoms with Gasteiger partial charge in [0.1, 0.15) is 46.3 Å². The highest BCUT2D eigenvalue weighted by atomic mass is 32.2. The Morgan fingerprint density at radius 1 is 0.982 bits per heavy atom. The van der Waals surface area contributed by atoms with Crippen molar-refractivity contribution in [3.63, 3.8) is 0 Å². The minimum absolute atomic E-state index is 0.0762. The van der Waals surface area contributed by atoms with Gasteiger partial charge >= 0.3 is 5.97 Å². The van der Waals surface area contributed by atoms with Gasteiger partial charge in [0.25, 0.3) is 5.91 Å². The highest BCUT2D eigenvalue weighted by Crippen LogP contribution is 2.57. The van der Waals surface area contributed by atoms with E-state index in [0.29, 0.717) is 5.56 Å². The molecule has 2 aromatic rings. The largest absolute Gasteiger partial charge is 0.510 e. The first-order valence-electron chi connectivity index (χ1n) is 18.2. The van der Waals surface area contributed by atoms with Gasteiger partial charge in [-0.1, -0.05) is 42.5 Å². The van der Waals surface area contributed by atoms with Crippen LogP contribution in [0.3, 0.4) is 0 Å². The minimum atomic E-state index is -2.93. The average Bonchev–Trinajstić information content (AvgIpc) is 3.40. The Morgan fingerprint density at radius 2 is 1.65 bits per heavy atom. The number of amides is 3. The Hall–Kier alpha value is -5.27. The summed E-state index contributed by atoms with van der Waals surface area (Å²) in [5.41, 5.74) is -6.06. The average molecular weight is 806 g/mol. The van der Waals surface area contributed by atoms with Crippen LogP contribution in [0.2, 0.25) is 0 Å². The molecule has 9 atom stereocenters. The van der Waals surface area contributed by atoms with Crippen LogP contribution in [0.4, 0.5) is 0 Å². The Kier molecular flexibility index (Phi) is 9.59. The zero-order valence-corrected chi connectivity index (χ0v) is 32.3. The zero-order valence-electron chi connectivity index (χ0n) is 31.5. The van der Waals surface area contributed by atoms with Gasteiger partial charge in [0, 0.05) is 22.2 Å². The first-order chi connectivity index (χ1) is 26.7. The van der Waals surface area contributed by atoms with Crippen molar-refractivity contribution in [1.82, 2.24) is 25.8 Å². The number of nitrogens with zero attached hydrogens (tertiary/aromatic N) is 2. The van der Waals surface area contributed by atoms with Crippen molar-refractivity contribution in [2.24, 2.45) is 11.8 Å². The van der Waals surface area contributed by atoms with Crippen LogP contribution in [-0.4, -0.2) is 130 Å². The standard InChI is InChI=1S/C39H43N5O12S/c1-37(2)29(36(53)54)44-34(52)25(35(44)57-37)42-33(51)24(16-10-7-6-8-11-16)40-15-41-32(50)23-28(47)26(43(4)5)19-14-18-22(30(48)39(19,56)31(23)49)27(46)21-17(38(18,3)55)12-9-13-20(21)45/h6-13,18-19,24-26,29,35,40,45,47-48,55-56H,14-15H2,1-5H3,(H,41,50)(H,42,51)(H,53,54)/t18-,19-,24?,25?,26-,29?,35?,38+,39-/m0/s1. The highest BCUT2D eigenvalue weighted by molar-refractivity contribution is 8.01. The van der Waals surface area contributed by atoms with E-state index in [-0.39, 0.29) is 17.5 Å². The summed E-state index contributed by atoms with van der Waals surface area (Å²) in [5.74, 6) is -10.8. The maximum Gasteiger partial charge on any atom is 0.327 e. The molecule has 2 heterocycles. The number of ketones is 2. The number of Topliss-reactive ketones (excluding diaryl/α,β-unsaturated/α-hetero) is 2. The maximum absolute atomic E-state index is 14.3. The van der Waals surface area contributed by atoms with E-state index in [4.69, 9.17) is 0 Å². The summed E-state index contributed by atoms with van der Waals surface area (Å²) < 4.78 is -0.825. The number of β-lactam (4-membered cyclic amide) rings is 1. The van der Waals surface area contributed by atoms with Gasteiger partial charge in [0.05, 0.1) is 23.9 Å². The molecule has 5 aliphatic rings. The summed E-state index contributed by atoms with van der Waals surface area (Å²) in [6, 6.07) is 7.78. The van der Waals surface area contributed by atoms with Gasteiger partial charge in [-0.05, 0) is 58.5 Å². The third-order valence-electron chi connectivity index (χ3n) is 11.9. The lowest BCUT2D eigenvalue weighted by Crippen LogP contribution is -2.71. The Morgan fingerprint density at radius 3 is 2.28 bits per heavy atom. The van der Waals surface area contributed by atoms with Gasteiger partial charge in [-0.15, -0.1) is 11.8 Å². The summed E-state index contributed by atoms with van der Waals surface area (Å²) in [6.07, 6.45) is -0.304. The number of thioether (sulfide) groups is 1. The number of phenols is 1. The molecule has 7 rings (SSSR count). The molecule has 2 saturated heterocycles. The molecule has 2 aliphatic heterocycles. The number of carbonyl (C=O) groups is 6. The summed E-state index contributed by atoms with van der Waals surface area (Å²) in [5, 5.41) is 75.0. The van der Waals surface area contributed by atoms with E-state index < -0.39 is 128 Å². The predicted octanol–water partition coefficient (Wildman–Crippen LogP) is 0.337. The summed E-state index contributed by atoms with van der Waals surface area (Å²) >= 11 is 1.25. The van der Waals surface area contributed by atoms with Crippen molar-refractivity contribution in [1.29, 1.82) is 0 Å². The lowest BCUT2D eigenvalue weighted by molar-refractivity contribution is -0.161. The molecule has 0 radical (unpaired) electrons. The second kappa shape index (κ2) is 13.7. The number of rotatable bonds is 9. The van der Waals surface area contributed by atoms with Gasteiger partial charge in [-0.3, -0.25) is 34.2 Å². The van der Waals surface area contributed by atoms with Gasteiger partial charge < -0.3 is 46.2 Å². The molecule has 2 aromatic carbocycles. The van der Waals surface area contributed by atoms with Gasteiger partial charge in [-0.2, -0.15) is 0 Å². The Balaban J connectivity index is 1.14. The fraction of sp³-hybridized carbons (Fsp3) is 0.436. The first kappa shape index (κ1) is 39.9. The quantitative estimate of drug-likeness (QED) is 0.0940. The molecule has 3 aliphatic carbocycles. The van der Waals surface area contributed by atoms with Gasteiger partial charge in [-0.25, -0.2) is 4.79 Å². The molecule has 18 heteroatoms. The Bertz CT molecular complexity index is 2190. The van der Waals surface area contributed by atoms with Crippen LogP contribution >= 0.6 is 11.8 Å². The number of aliphatic carboxylic acids is 1. The van der Waals surface area contributed by atoms with E-state index in [0.717, 1.165) is 0 Å². The zero-order chi connectivity index (χ0) is 41.7. The molecule has 0 spiro atoms. The molecule has 0 saturated carbocycles. The number of phenolic OH excluding ortho intramolecular Hbond substituents is 1. The number of fused-ring (bicyclic) bond motifs is 4. The van der Waals surface area contributed by atoms with Crippen molar-refractivity contribution < 1.29 is 59.4 Å². The van der Waals surface area contributed by atoms with Crippen LogP contribution in [0.15, 0.2) is 71.2 Å². The molecule has 0 bridgehead atoms. The Labute approximate surface area is 330 Å². The van der Waals surface area contributed by atoms with Gasteiger partial charge in [0.15, 0.2) is 11.4 Å². The first-order valence-corrected chi connectivity index (χ1v) is 19.0. The second-order valence-corrected chi connectivity index (χ2v) is 17.7. The number of hydrogen-bond acceptors (Lipinski definition) is 14. The molecule has 3 amide bonds. The van der Waals surface area contributed by atoms with Crippen LogP contribution < -0.4 is 16.0 Å². The van der Waals surface area contributed by atoms with Crippen LogP contribution in [0.5, 0.6) is 5.75 Å². The number of carboxylic acid groups (broad SMARTS) is 1. The number of likely N-dealkylation sites (N-methyl/N-ethyl adjacent to an activating group) is 1. The second-order valence-electron chi connectivity index (χ2n) is 15.9. The van der Waals surface area contributed by atoms with Gasteiger partial charge in [0.2, 0.25) is 17.6 Å². The van der Waals surface area contributed by atoms with E-state index in [9.17, 15) is 59.4 Å². The van der Waals surface area contributed by atoms with Crippen molar-refractivity contribution in [3.8, 4) is 5.75 Å². The van der Waals surface area contributed by atoms with Crippen molar-refractivity contribution in [2.75, 3.05) is 20.8 Å². The van der Waals surface area contributed by atoms with E-state index in [1.807, 2.05) is 0 Å². The number of nitrogens with one attached hydrogen (secondary N) is 3. The molecule has 2 fully saturated rings. The smallest absolute Gasteiger partial charge is 0.327 e. The van der Waals surface area contributed by atoms with E-state index >= 15 is 0 Å². The number of hydrogen-bond donors (Lipinski definition) is 9. The van der Waals surface area contributed by atoms with Crippen LogP contribution in [0.25, 0.3) is 0 Å². The van der Waals surface area contributed by atoms with E-state index in [2.05, 4.69) is 16.0 Å². The number of carbonyl (C=O) groups excluding carboxylic acids is 5. The lowest BCUT2D eigenvalue weighted by Gasteiger charge is -2.52. The van der Waals surface area contributed by atoms with Crippen LogP contribution in [0.1, 0.15) is 54.7 Å². The molecule has 17 nitrogen and oxygen atoms in total. The molecule has 57 heavy (non-hydrogen) atoms. The molecular weight excluding hydrogens is 763 g/mol. The minimum Gasteiger partial charge on any atom is -0.510 e. The monoisotopic (exact) mass is 805 g/mol. The summed E-state index contributed by atoms with van der Waals surface area (Å²) in [6.45, 7) is 4.28. The number of aliphatic hydroxyl groups is 4. The number of benzene rings is 2. The highest BCUT2D eigenvalue weighted by Gasteiger charge is 2.66. The fourth-order valence-corrected chi connectivity index (χ4v) is 10.8. The fourth-order valence-electron chi connectivity index (χ4n) is 9.20. The summed E-state index contributed by atoms with van der Waals surface area (Å²) in [4.78, 5) is 83.4. The predicted molar refractivity (Wildman–Crippen MR) is 201 cm³/mol. The van der Waals surface area contributed by atoms with Crippen LogP contribution in [-0.2, 0) is 29.6 Å². The normalized spacial score (nSPS) is 31.9. The van der Waals surface area contributed by atoms with Crippen molar-refractivity contribution in [3.05, 3.63) is 87.9 Å². The maximum atomic E-state index is 14.3. The number of carboxylic acids is 1. The van der Waals surface area contributed by atoms with Crippen LogP contribution in [0, 0.1) is 11.8 Å². The molecule has 0 aromatic heterocycles. The number of aliphatic hydroxyl groups excluding tert-OH is 2. The topological polar surface area (TPSA) is 266 Å². The SMILES string of the molecule is CN(C)[C@@H]1C(O)=C(C(=O)NCNC(C(=O)NC2C(=O)N3C2SC(C)(C)C3C(=O)O)c2ccccc2)C(=O)[C@@]2(O)C(O)=C3C(=O)c4c(O)cccc4[C@@](C)(O)[C@H]3C[C@@H]12. The molecule has 9 N–H and O–H groups in total. The van der Waals surface area contributed by atoms with Crippen molar-refractivity contribution in [2.45, 2.75) is 72.7 Å². The van der Waals surface area contributed by atoms with Crippen molar-refractivity contribution >= 4 is 47.0 Å². The van der Waals surface area contributed by atoms with E-state index in [1.54, 1.807) is 44.2 Å². The number of aromatic hydroxyl groups is 1. The third-order valence-corrected chi connectivity index (χ3v) is 13.5.